The second kappa shape index (κ2) is 11.2. The topological polar surface area (TPSA) is 96.5 Å². The van der Waals surface area contributed by atoms with E-state index >= 15 is 0 Å². The maximum atomic E-state index is 12.4. The molecule has 7 nitrogen and oxygen atoms in total. The van der Waals surface area contributed by atoms with Gasteiger partial charge in [0, 0.05) is 10.2 Å². The number of thioether (sulfide) groups is 1. The number of rotatable bonds is 8. The number of urea groups is 1. The van der Waals surface area contributed by atoms with E-state index in [2.05, 4.69) is 31.9 Å². The van der Waals surface area contributed by atoms with Crippen LogP contribution in [0.25, 0.3) is 0 Å². The van der Waals surface area contributed by atoms with Gasteiger partial charge in [0.25, 0.3) is 0 Å². The van der Waals surface area contributed by atoms with Gasteiger partial charge in [0.05, 0.1) is 0 Å². The van der Waals surface area contributed by atoms with Crippen LogP contribution in [0.2, 0.25) is 0 Å². The second-order valence-corrected chi connectivity index (χ2v) is 8.64. The lowest BCUT2D eigenvalue weighted by atomic mass is 10.2. The van der Waals surface area contributed by atoms with E-state index in [1.54, 1.807) is 56.8 Å². The Kier molecular flexibility index (Phi) is 9.65. The number of anilines is 1. The van der Waals surface area contributed by atoms with Crippen LogP contribution in [0.3, 0.4) is 0 Å². The summed E-state index contributed by atoms with van der Waals surface area (Å²) >= 11 is 4.89. The molecule has 1 atom stereocenters. The highest BCUT2D eigenvalue weighted by Gasteiger charge is 2.22. The third-order valence-corrected chi connectivity index (χ3v) is 4.33. The number of hydrogen-bond acceptors (Lipinski definition) is 5. The summed E-state index contributed by atoms with van der Waals surface area (Å²) in [6, 6.07) is 5.83. The standard InChI is InChI=1S/C18H26BrN3O4S/c1-18(2,3)26-15(23)11-20-16(24)14(9-10-27-4)22-17(25)21-13-7-5-12(19)6-8-13/h5-8,14H,9-11H2,1-4H3,(H,20,24)(H2,21,22,25)/t14-/m0/s1. The number of benzene rings is 1. The SMILES string of the molecule is CSCC[C@H](NC(=O)Nc1ccc(Br)cc1)C(=O)NCC(=O)OC(C)(C)C. The van der Waals surface area contributed by atoms with E-state index in [1.807, 2.05) is 6.26 Å². The van der Waals surface area contributed by atoms with Gasteiger partial charge in [-0.05, 0) is 63.5 Å². The lowest BCUT2D eigenvalue weighted by Crippen LogP contribution is -2.49. The molecule has 0 bridgehead atoms. The monoisotopic (exact) mass is 459 g/mol. The van der Waals surface area contributed by atoms with Gasteiger partial charge in [-0.1, -0.05) is 15.9 Å². The van der Waals surface area contributed by atoms with E-state index in [9.17, 15) is 14.4 Å². The molecule has 0 aromatic heterocycles. The van der Waals surface area contributed by atoms with Crippen LogP contribution < -0.4 is 16.0 Å². The van der Waals surface area contributed by atoms with Crippen LogP contribution in [0.5, 0.6) is 0 Å². The van der Waals surface area contributed by atoms with Gasteiger partial charge >= 0.3 is 12.0 Å². The number of ether oxygens (including phenoxy) is 1. The van der Waals surface area contributed by atoms with Crippen molar-refractivity contribution in [2.75, 3.05) is 23.9 Å². The fourth-order valence-corrected chi connectivity index (χ4v) is 2.76. The minimum absolute atomic E-state index is 0.248. The quantitative estimate of drug-likeness (QED) is 0.518. The highest BCUT2D eigenvalue weighted by Crippen LogP contribution is 2.14. The Morgan fingerprint density at radius 2 is 1.81 bits per heavy atom. The van der Waals surface area contributed by atoms with Gasteiger partial charge in [0.15, 0.2) is 0 Å². The molecule has 1 rings (SSSR count). The first kappa shape index (κ1) is 23.3. The normalized spacial score (nSPS) is 12.0. The van der Waals surface area contributed by atoms with E-state index in [-0.39, 0.29) is 6.54 Å². The Morgan fingerprint density at radius 3 is 2.37 bits per heavy atom. The maximum Gasteiger partial charge on any atom is 0.325 e. The third kappa shape index (κ3) is 10.2. The second-order valence-electron chi connectivity index (χ2n) is 6.74. The molecule has 0 saturated heterocycles. The fourth-order valence-electron chi connectivity index (χ4n) is 2.02. The van der Waals surface area contributed by atoms with E-state index < -0.39 is 29.6 Å². The summed E-state index contributed by atoms with van der Waals surface area (Å²) in [5.74, 6) is -0.275. The van der Waals surface area contributed by atoms with Crippen LogP contribution in [0.4, 0.5) is 10.5 Å². The zero-order chi connectivity index (χ0) is 20.4. The number of carbonyl (C=O) groups excluding carboxylic acids is 3. The van der Waals surface area contributed by atoms with Gasteiger partial charge in [0.1, 0.15) is 18.2 Å². The summed E-state index contributed by atoms with van der Waals surface area (Å²) in [7, 11) is 0. The molecule has 3 amide bonds. The van der Waals surface area contributed by atoms with Crippen molar-refractivity contribution in [3.63, 3.8) is 0 Å². The van der Waals surface area contributed by atoms with Crippen molar-refractivity contribution >= 4 is 51.3 Å². The van der Waals surface area contributed by atoms with Gasteiger partial charge in [0.2, 0.25) is 5.91 Å². The molecule has 0 unspecified atom stereocenters. The number of halogens is 1. The van der Waals surface area contributed by atoms with E-state index in [4.69, 9.17) is 4.74 Å². The van der Waals surface area contributed by atoms with Crippen molar-refractivity contribution in [3.8, 4) is 0 Å². The summed E-state index contributed by atoms with van der Waals surface area (Å²) in [5.41, 5.74) is -0.0171. The van der Waals surface area contributed by atoms with Crippen LogP contribution in [-0.4, -0.2) is 48.1 Å². The first-order valence-electron chi connectivity index (χ1n) is 8.42. The number of carbonyl (C=O) groups is 3. The van der Waals surface area contributed by atoms with E-state index in [0.717, 1.165) is 4.47 Å². The molecular formula is C18H26BrN3O4S. The van der Waals surface area contributed by atoms with Gasteiger partial charge in [-0.15, -0.1) is 0 Å². The molecule has 150 valence electrons. The Morgan fingerprint density at radius 1 is 1.19 bits per heavy atom. The molecule has 9 heteroatoms. The highest BCUT2D eigenvalue weighted by atomic mass is 79.9. The van der Waals surface area contributed by atoms with Crippen LogP contribution in [0.15, 0.2) is 28.7 Å². The average Bonchev–Trinajstić information content (AvgIpc) is 2.57. The summed E-state index contributed by atoms with van der Waals surface area (Å²) in [6.07, 6.45) is 2.35. The van der Waals surface area contributed by atoms with Crippen molar-refractivity contribution in [1.82, 2.24) is 10.6 Å². The van der Waals surface area contributed by atoms with Gasteiger partial charge in [-0.2, -0.15) is 11.8 Å². The summed E-state index contributed by atoms with van der Waals surface area (Å²) in [5, 5.41) is 7.84. The van der Waals surface area contributed by atoms with Crippen LogP contribution in [0, 0.1) is 0 Å². The van der Waals surface area contributed by atoms with Crippen molar-refractivity contribution in [3.05, 3.63) is 28.7 Å². The Balaban J connectivity index is 2.59. The third-order valence-electron chi connectivity index (χ3n) is 3.16. The van der Waals surface area contributed by atoms with Crippen molar-refractivity contribution in [2.45, 2.75) is 38.8 Å². The molecule has 1 aromatic rings. The van der Waals surface area contributed by atoms with Crippen LogP contribution >= 0.6 is 27.7 Å². The first-order valence-corrected chi connectivity index (χ1v) is 10.6. The lowest BCUT2D eigenvalue weighted by Gasteiger charge is -2.21. The smallest absolute Gasteiger partial charge is 0.325 e. The Bertz CT molecular complexity index is 647. The molecule has 0 aliphatic carbocycles. The predicted octanol–water partition coefficient (Wildman–Crippen LogP) is 3.15. The molecule has 0 fully saturated rings. The molecule has 27 heavy (non-hydrogen) atoms. The molecule has 0 spiro atoms. The largest absolute Gasteiger partial charge is 0.459 e. The Hall–Kier alpha value is -1.74. The molecule has 3 N–H and O–H groups in total. The molecule has 0 aliphatic heterocycles. The van der Waals surface area contributed by atoms with Crippen LogP contribution in [0.1, 0.15) is 27.2 Å². The average molecular weight is 460 g/mol. The Labute approximate surface area is 172 Å². The molecule has 0 aliphatic rings. The summed E-state index contributed by atoms with van der Waals surface area (Å²) < 4.78 is 6.05. The molecule has 0 heterocycles. The van der Waals surface area contributed by atoms with Gasteiger partial charge in [-0.3, -0.25) is 9.59 Å². The predicted molar refractivity (Wildman–Crippen MR) is 112 cm³/mol. The zero-order valence-corrected chi connectivity index (χ0v) is 18.3. The minimum Gasteiger partial charge on any atom is -0.459 e. The zero-order valence-electron chi connectivity index (χ0n) is 15.9. The van der Waals surface area contributed by atoms with Crippen molar-refractivity contribution in [2.24, 2.45) is 0 Å². The molecule has 1 aromatic carbocycles. The van der Waals surface area contributed by atoms with E-state index in [0.29, 0.717) is 17.9 Å². The first-order chi connectivity index (χ1) is 12.6. The summed E-state index contributed by atoms with van der Waals surface area (Å²) in [6.45, 7) is 5.01. The number of amides is 3. The van der Waals surface area contributed by atoms with Crippen molar-refractivity contribution in [1.29, 1.82) is 0 Å². The van der Waals surface area contributed by atoms with Gasteiger partial charge < -0.3 is 20.7 Å². The minimum atomic E-state index is -0.754. The fraction of sp³-hybridized carbons (Fsp3) is 0.500. The molecule has 0 radical (unpaired) electrons. The number of hydrogen-bond donors (Lipinski definition) is 3. The van der Waals surface area contributed by atoms with Crippen LogP contribution in [-0.2, 0) is 14.3 Å². The number of esters is 1. The van der Waals surface area contributed by atoms with E-state index in [1.165, 1.54) is 0 Å². The molecular weight excluding hydrogens is 434 g/mol. The lowest BCUT2D eigenvalue weighted by molar-refractivity contribution is -0.154. The molecule has 0 saturated carbocycles. The number of nitrogens with one attached hydrogen (secondary N) is 3. The highest BCUT2D eigenvalue weighted by molar-refractivity contribution is 9.10. The van der Waals surface area contributed by atoms with Gasteiger partial charge in [-0.25, -0.2) is 4.79 Å². The maximum absolute atomic E-state index is 12.4. The van der Waals surface area contributed by atoms with Crippen molar-refractivity contribution < 1.29 is 19.1 Å². The summed E-state index contributed by atoms with van der Waals surface area (Å²) in [4.78, 5) is 36.3.